The average molecular weight is 393 g/mol. The van der Waals surface area contributed by atoms with Crippen LogP contribution >= 0.6 is 11.6 Å². The Kier molecular flexibility index (Phi) is 5.93. The van der Waals surface area contributed by atoms with Crippen LogP contribution in [0.15, 0.2) is 30.5 Å². The predicted molar refractivity (Wildman–Crippen MR) is 99.3 cm³/mol. The Labute approximate surface area is 160 Å². The van der Waals surface area contributed by atoms with Crippen molar-refractivity contribution in [3.63, 3.8) is 0 Å². The highest BCUT2D eigenvalue weighted by Gasteiger charge is 2.21. The molecule has 27 heavy (non-hydrogen) atoms. The van der Waals surface area contributed by atoms with Gasteiger partial charge in [-0.1, -0.05) is 23.7 Å². The summed E-state index contributed by atoms with van der Waals surface area (Å²) in [5.74, 6) is -0.142. The topological polar surface area (TPSA) is 71.9 Å². The molecule has 3 rings (SSSR count). The second kappa shape index (κ2) is 8.37. The van der Waals surface area contributed by atoms with Crippen molar-refractivity contribution in [2.75, 3.05) is 20.4 Å². The molecule has 0 radical (unpaired) electrons. The van der Waals surface area contributed by atoms with Gasteiger partial charge in [0.2, 0.25) is 0 Å². The van der Waals surface area contributed by atoms with Gasteiger partial charge in [-0.2, -0.15) is 0 Å². The molecule has 0 aliphatic carbocycles. The van der Waals surface area contributed by atoms with Gasteiger partial charge in [-0.25, -0.2) is 9.18 Å². The molecular formula is C19H18ClFN2O4. The third-order valence-corrected chi connectivity index (χ3v) is 4.62. The number of hydrogen-bond donors (Lipinski definition) is 1. The Balaban J connectivity index is 1.84. The van der Waals surface area contributed by atoms with E-state index in [0.29, 0.717) is 24.3 Å². The van der Waals surface area contributed by atoms with Gasteiger partial charge >= 0.3 is 6.09 Å². The van der Waals surface area contributed by atoms with Crippen molar-refractivity contribution in [2.24, 2.45) is 0 Å². The number of methoxy groups -OCH3 is 1. The Morgan fingerprint density at radius 1 is 1.44 bits per heavy atom. The number of aromatic nitrogens is 1. The number of amides is 1. The number of hydrogen-bond acceptors (Lipinski definition) is 4. The molecule has 0 unspecified atom stereocenters. The average Bonchev–Trinajstić information content (AvgIpc) is 2.67. The molecule has 0 spiro atoms. The maximum absolute atomic E-state index is 14.7. The van der Waals surface area contributed by atoms with Crippen LogP contribution in [0.3, 0.4) is 0 Å². The molecule has 0 saturated carbocycles. The van der Waals surface area contributed by atoms with E-state index in [1.54, 1.807) is 24.3 Å². The number of carbonyl (C=O) groups is 1. The van der Waals surface area contributed by atoms with Crippen LogP contribution in [0.25, 0.3) is 11.9 Å². The first kappa shape index (κ1) is 19.1. The first-order valence-corrected chi connectivity index (χ1v) is 8.61. The molecule has 0 fully saturated rings. The molecular weight excluding hydrogens is 375 g/mol. The Morgan fingerprint density at radius 3 is 3.00 bits per heavy atom. The summed E-state index contributed by atoms with van der Waals surface area (Å²) in [6, 6.07) is 6.70. The van der Waals surface area contributed by atoms with Crippen LogP contribution < -0.4 is 4.74 Å². The Morgan fingerprint density at radius 2 is 2.26 bits per heavy atom. The molecule has 6 nitrogen and oxygen atoms in total. The SMILES string of the molecule is COCOc1cccc(C=C(F)c2cc3c(cn2)CN(C(=O)O)CC3)c1Cl. The molecule has 1 aromatic carbocycles. The zero-order valence-electron chi connectivity index (χ0n) is 14.6. The van der Waals surface area contributed by atoms with E-state index < -0.39 is 11.9 Å². The summed E-state index contributed by atoms with van der Waals surface area (Å²) in [5.41, 5.74) is 2.31. The van der Waals surface area contributed by atoms with Gasteiger partial charge in [0.15, 0.2) is 6.79 Å². The fraction of sp³-hybridized carbons (Fsp3) is 0.263. The van der Waals surface area contributed by atoms with E-state index in [2.05, 4.69) is 4.98 Å². The van der Waals surface area contributed by atoms with Gasteiger partial charge in [0, 0.05) is 19.9 Å². The third kappa shape index (κ3) is 4.37. The van der Waals surface area contributed by atoms with Gasteiger partial charge in [-0.05, 0) is 41.3 Å². The molecule has 8 heteroatoms. The molecule has 2 aromatic rings. The van der Waals surface area contributed by atoms with Crippen molar-refractivity contribution < 1.29 is 23.8 Å². The normalized spacial score (nSPS) is 14.0. The summed E-state index contributed by atoms with van der Waals surface area (Å²) >= 11 is 6.26. The second-order valence-corrected chi connectivity index (χ2v) is 6.37. The van der Waals surface area contributed by atoms with E-state index in [-0.39, 0.29) is 24.1 Å². The minimum Gasteiger partial charge on any atom is -0.466 e. The zero-order chi connectivity index (χ0) is 19.4. The maximum atomic E-state index is 14.7. The summed E-state index contributed by atoms with van der Waals surface area (Å²) < 4.78 is 24.9. The molecule has 142 valence electrons. The molecule has 1 amide bonds. The zero-order valence-corrected chi connectivity index (χ0v) is 15.4. The lowest BCUT2D eigenvalue weighted by atomic mass is 10.0. The van der Waals surface area contributed by atoms with Crippen LogP contribution in [0.5, 0.6) is 5.75 Å². The van der Waals surface area contributed by atoms with E-state index >= 15 is 0 Å². The number of pyridine rings is 1. The molecule has 1 aromatic heterocycles. The number of rotatable bonds is 5. The summed E-state index contributed by atoms with van der Waals surface area (Å²) in [5, 5.41) is 9.36. The van der Waals surface area contributed by atoms with Gasteiger partial charge in [-0.15, -0.1) is 0 Å². The van der Waals surface area contributed by atoms with Gasteiger partial charge in [0.25, 0.3) is 0 Å². The summed E-state index contributed by atoms with van der Waals surface area (Å²) in [7, 11) is 1.49. The van der Waals surface area contributed by atoms with Crippen molar-refractivity contribution in [1.29, 1.82) is 0 Å². The quantitative estimate of drug-likeness (QED) is 0.771. The lowest BCUT2D eigenvalue weighted by molar-refractivity contribution is 0.0512. The predicted octanol–water partition coefficient (Wildman–Crippen LogP) is 4.22. The highest BCUT2D eigenvalue weighted by atomic mass is 35.5. The van der Waals surface area contributed by atoms with Crippen molar-refractivity contribution in [1.82, 2.24) is 9.88 Å². The van der Waals surface area contributed by atoms with Gasteiger partial charge in [0.05, 0.1) is 17.3 Å². The number of ether oxygens (including phenoxy) is 2. The maximum Gasteiger partial charge on any atom is 0.407 e. The van der Waals surface area contributed by atoms with Crippen LogP contribution in [0, 0.1) is 0 Å². The fourth-order valence-corrected chi connectivity index (χ4v) is 3.05. The number of halogens is 2. The van der Waals surface area contributed by atoms with Crippen molar-refractivity contribution in [3.05, 3.63) is 57.9 Å². The number of benzene rings is 1. The Hall–Kier alpha value is -2.64. The van der Waals surface area contributed by atoms with Crippen LogP contribution in [0.2, 0.25) is 5.02 Å². The Bertz CT molecular complexity index is 888. The number of fused-ring (bicyclic) bond motifs is 1. The van der Waals surface area contributed by atoms with Crippen molar-refractivity contribution >= 4 is 29.6 Å². The number of nitrogens with zero attached hydrogens (tertiary/aromatic N) is 2. The van der Waals surface area contributed by atoms with E-state index in [4.69, 9.17) is 26.2 Å². The van der Waals surface area contributed by atoms with Crippen LogP contribution in [0.4, 0.5) is 9.18 Å². The monoisotopic (exact) mass is 392 g/mol. The standard InChI is InChI=1S/C19H18ClFN2O4/c1-26-11-27-17-4-2-3-13(18(17)20)7-15(21)16-8-12-5-6-23(19(24)25)10-14(12)9-22-16/h2-4,7-9H,5-6,10-11H2,1H3,(H,24,25). The summed E-state index contributed by atoms with van der Waals surface area (Å²) in [6.45, 7) is 0.672. The molecule has 1 aliphatic rings. The third-order valence-electron chi connectivity index (χ3n) is 4.22. The van der Waals surface area contributed by atoms with E-state index in [9.17, 15) is 9.18 Å². The van der Waals surface area contributed by atoms with Crippen LogP contribution in [-0.2, 0) is 17.7 Å². The number of carboxylic acid groups (broad SMARTS) is 1. The first-order valence-electron chi connectivity index (χ1n) is 8.23. The van der Waals surface area contributed by atoms with Crippen LogP contribution in [-0.4, -0.2) is 41.5 Å². The molecule has 0 saturated heterocycles. The van der Waals surface area contributed by atoms with Crippen molar-refractivity contribution in [2.45, 2.75) is 13.0 Å². The summed E-state index contributed by atoms with van der Waals surface area (Å²) in [4.78, 5) is 16.5. The van der Waals surface area contributed by atoms with E-state index in [0.717, 1.165) is 11.1 Å². The first-order chi connectivity index (χ1) is 13.0. The van der Waals surface area contributed by atoms with Gasteiger partial charge < -0.3 is 19.5 Å². The summed E-state index contributed by atoms with van der Waals surface area (Å²) in [6.07, 6.45) is 2.36. The largest absolute Gasteiger partial charge is 0.466 e. The second-order valence-electron chi connectivity index (χ2n) is 5.99. The lowest BCUT2D eigenvalue weighted by Crippen LogP contribution is -2.34. The molecule has 0 atom stereocenters. The lowest BCUT2D eigenvalue weighted by Gasteiger charge is -2.26. The molecule has 1 aliphatic heterocycles. The highest BCUT2D eigenvalue weighted by Crippen LogP contribution is 2.31. The van der Waals surface area contributed by atoms with Gasteiger partial charge in [0.1, 0.15) is 11.6 Å². The van der Waals surface area contributed by atoms with Crippen LogP contribution in [0.1, 0.15) is 22.4 Å². The van der Waals surface area contributed by atoms with Gasteiger partial charge in [-0.3, -0.25) is 4.98 Å². The van der Waals surface area contributed by atoms with E-state index in [1.165, 1.54) is 24.3 Å². The molecule has 1 N–H and O–H groups in total. The molecule has 0 bridgehead atoms. The minimum atomic E-state index is -0.971. The fourth-order valence-electron chi connectivity index (χ4n) is 2.82. The van der Waals surface area contributed by atoms with E-state index in [1.807, 2.05) is 0 Å². The van der Waals surface area contributed by atoms with Crippen molar-refractivity contribution in [3.8, 4) is 5.75 Å². The minimum absolute atomic E-state index is 0.0368. The highest BCUT2D eigenvalue weighted by molar-refractivity contribution is 6.33. The molecule has 2 heterocycles. The smallest absolute Gasteiger partial charge is 0.407 e.